The number of hydrogen-bond acceptors (Lipinski definition) is 4. The molecule has 0 fully saturated rings. The summed E-state index contributed by atoms with van der Waals surface area (Å²) in [4.78, 5) is 26.2. The van der Waals surface area contributed by atoms with Gasteiger partial charge in [0.05, 0.1) is 11.4 Å². The largest absolute Gasteiger partial charge is 0.477 e. The van der Waals surface area contributed by atoms with Crippen molar-refractivity contribution < 1.29 is 19.2 Å². The number of nitrogens with zero attached hydrogens (tertiary/aromatic N) is 1. The Morgan fingerprint density at radius 1 is 1.38 bits per heavy atom. The summed E-state index contributed by atoms with van der Waals surface area (Å²) < 4.78 is 5.16. The van der Waals surface area contributed by atoms with Crippen LogP contribution < -0.4 is 5.32 Å². The molecule has 112 valence electrons. The standard InChI is InChI=1S/C14H17N3O4/c1-6(2)12-10(8(4)17-21-12)13(18)16-9-5-7(3)15-11(9)14(19)20/h5-6,15H,1-4H3,(H,16,18)(H,19,20). The van der Waals surface area contributed by atoms with Crippen LogP contribution in [-0.4, -0.2) is 27.1 Å². The van der Waals surface area contributed by atoms with E-state index in [2.05, 4.69) is 15.5 Å². The van der Waals surface area contributed by atoms with Gasteiger partial charge < -0.3 is 19.9 Å². The van der Waals surface area contributed by atoms with Gasteiger partial charge in [-0.25, -0.2) is 4.79 Å². The minimum absolute atomic E-state index is 0.00106. The fourth-order valence-electron chi connectivity index (χ4n) is 2.10. The van der Waals surface area contributed by atoms with Crippen LogP contribution in [0.5, 0.6) is 0 Å². The molecule has 0 radical (unpaired) electrons. The molecule has 2 rings (SSSR count). The topological polar surface area (TPSA) is 108 Å². The molecule has 0 saturated carbocycles. The molecule has 2 heterocycles. The number of H-pyrrole nitrogens is 1. The highest BCUT2D eigenvalue weighted by molar-refractivity contribution is 6.08. The van der Waals surface area contributed by atoms with E-state index in [9.17, 15) is 9.59 Å². The summed E-state index contributed by atoms with van der Waals surface area (Å²) in [5, 5.41) is 15.5. The summed E-state index contributed by atoms with van der Waals surface area (Å²) in [6, 6.07) is 1.57. The summed E-state index contributed by atoms with van der Waals surface area (Å²) in [5.74, 6) is -1.09. The molecule has 2 aromatic heterocycles. The maximum Gasteiger partial charge on any atom is 0.354 e. The smallest absolute Gasteiger partial charge is 0.354 e. The summed E-state index contributed by atoms with van der Waals surface area (Å²) >= 11 is 0. The molecule has 0 aromatic carbocycles. The average molecular weight is 291 g/mol. The Labute approximate surface area is 121 Å². The number of hydrogen-bond donors (Lipinski definition) is 3. The molecule has 0 spiro atoms. The molecule has 0 unspecified atom stereocenters. The fraction of sp³-hybridized carbons (Fsp3) is 0.357. The third-order valence-electron chi connectivity index (χ3n) is 3.05. The van der Waals surface area contributed by atoms with Gasteiger partial charge in [0.2, 0.25) is 0 Å². The second-order valence-electron chi connectivity index (χ2n) is 5.16. The molecule has 0 atom stereocenters. The average Bonchev–Trinajstić information content (AvgIpc) is 2.92. The molecule has 7 nitrogen and oxygen atoms in total. The number of carbonyl (C=O) groups excluding carboxylic acids is 1. The van der Waals surface area contributed by atoms with Crippen LogP contribution in [0.4, 0.5) is 5.69 Å². The molecule has 0 bridgehead atoms. The zero-order chi connectivity index (χ0) is 15.7. The summed E-state index contributed by atoms with van der Waals surface area (Å²) in [7, 11) is 0. The lowest BCUT2D eigenvalue weighted by Crippen LogP contribution is -2.16. The first-order valence-corrected chi connectivity index (χ1v) is 6.51. The van der Waals surface area contributed by atoms with Crippen molar-refractivity contribution in [2.24, 2.45) is 0 Å². The Kier molecular flexibility index (Phi) is 3.84. The maximum atomic E-state index is 12.4. The van der Waals surface area contributed by atoms with Crippen LogP contribution >= 0.6 is 0 Å². The predicted octanol–water partition coefficient (Wildman–Crippen LogP) is 2.69. The van der Waals surface area contributed by atoms with Gasteiger partial charge in [0.1, 0.15) is 11.3 Å². The summed E-state index contributed by atoms with van der Waals surface area (Å²) in [6.45, 7) is 7.16. The number of aromatic carboxylic acids is 1. The first kappa shape index (κ1) is 14.8. The van der Waals surface area contributed by atoms with E-state index in [1.807, 2.05) is 13.8 Å². The minimum atomic E-state index is -1.13. The number of nitrogens with one attached hydrogen (secondary N) is 2. The minimum Gasteiger partial charge on any atom is -0.477 e. The molecule has 2 aromatic rings. The summed E-state index contributed by atoms with van der Waals surface area (Å²) in [6.07, 6.45) is 0. The van der Waals surface area contributed by atoms with Crippen molar-refractivity contribution in [3.05, 3.63) is 34.5 Å². The molecule has 0 aliphatic rings. The van der Waals surface area contributed by atoms with Gasteiger partial charge in [-0.05, 0) is 19.9 Å². The predicted molar refractivity (Wildman–Crippen MR) is 75.8 cm³/mol. The van der Waals surface area contributed by atoms with Crippen LogP contribution in [0.3, 0.4) is 0 Å². The van der Waals surface area contributed by atoms with Crippen LogP contribution in [0.15, 0.2) is 10.6 Å². The van der Waals surface area contributed by atoms with Gasteiger partial charge in [-0.3, -0.25) is 4.79 Å². The van der Waals surface area contributed by atoms with Gasteiger partial charge in [-0.1, -0.05) is 19.0 Å². The Morgan fingerprint density at radius 2 is 2.05 bits per heavy atom. The molecule has 1 amide bonds. The van der Waals surface area contributed by atoms with Crippen molar-refractivity contribution in [1.82, 2.24) is 10.1 Å². The van der Waals surface area contributed by atoms with Crippen molar-refractivity contribution in [2.75, 3.05) is 5.32 Å². The van der Waals surface area contributed by atoms with Crippen molar-refractivity contribution in [2.45, 2.75) is 33.6 Å². The van der Waals surface area contributed by atoms with E-state index >= 15 is 0 Å². The van der Waals surface area contributed by atoms with Crippen molar-refractivity contribution in [3.63, 3.8) is 0 Å². The molecule has 0 aliphatic heterocycles. The van der Waals surface area contributed by atoms with Crippen molar-refractivity contribution in [1.29, 1.82) is 0 Å². The van der Waals surface area contributed by atoms with E-state index in [-0.39, 0.29) is 17.3 Å². The lowest BCUT2D eigenvalue weighted by Gasteiger charge is -2.06. The SMILES string of the molecule is Cc1cc(NC(=O)c2c(C)noc2C(C)C)c(C(=O)O)[nH]1. The van der Waals surface area contributed by atoms with E-state index in [1.54, 1.807) is 19.9 Å². The van der Waals surface area contributed by atoms with Gasteiger partial charge >= 0.3 is 5.97 Å². The van der Waals surface area contributed by atoms with Crippen LogP contribution in [-0.2, 0) is 0 Å². The second-order valence-corrected chi connectivity index (χ2v) is 5.16. The number of carboxylic acids is 1. The van der Waals surface area contributed by atoms with E-state index in [1.165, 1.54) is 0 Å². The number of carboxylic acid groups (broad SMARTS) is 1. The number of aromatic nitrogens is 2. The molecule has 21 heavy (non-hydrogen) atoms. The molecule has 0 saturated heterocycles. The zero-order valence-corrected chi connectivity index (χ0v) is 12.3. The highest BCUT2D eigenvalue weighted by atomic mass is 16.5. The quantitative estimate of drug-likeness (QED) is 0.802. The third kappa shape index (κ3) is 2.81. The first-order valence-electron chi connectivity index (χ1n) is 6.51. The second kappa shape index (κ2) is 5.43. The Balaban J connectivity index is 2.35. The monoisotopic (exact) mass is 291 g/mol. The first-order chi connectivity index (χ1) is 9.81. The normalized spacial score (nSPS) is 10.9. The van der Waals surface area contributed by atoms with Crippen molar-refractivity contribution in [3.8, 4) is 0 Å². The molecular weight excluding hydrogens is 274 g/mol. The Bertz CT molecular complexity index is 697. The fourth-order valence-corrected chi connectivity index (χ4v) is 2.10. The highest BCUT2D eigenvalue weighted by Crippen LogP contribution is 2.24. The Morgan fingerprint density at radius 3 is 2.62 bits per heavy atom. The number of aromatic amines is 1. The van der Waals surface area contributed by atoms with Crippen LogP contribution in [0.25, 0.3) is 0 Å². The van der Waals surface area contributed by atoms with Crippen molar-refractivity contribution >= 4 is 17.6 Å². The lowest BCUT2D eigenvalue weighted by molar-refractivity contribution is 0.0692. The van der Waals surface area contributed by atoms with Gasteiger partial charge in [-0.15, -0.1) is 0 Å². The van der Waals surface area contributed by atoms with Gasteiger partial charge in [0.25, 0.3) is 5.91 Å². The lowest BCUT2D eigenvalue weighted by atomic mass is 10.0. The number of anilines is 1. The van der Waals surface area contributed by atoms with E-state index in [4.69, 9.17) is 9.63 Å². The number of aryl methyl sites for hydroxylation is 2. The highest BCUT2D eigenvalue weighted by Gasteiger charge is 2.24. The van der Waals surface area contributed by atoms with Crippen LogP contribution in [0.1, 0.15) is 57.8 Å². The number of rotatable bonds is 4. The molecule has 7 heteroatoms. The zero-order valence-electron chi connectivity index (χ0n) is 12.3. The number of amides is 1. The van der Waals surface area contributed by atoms with Gasteiger partial charge in [0.15, 0.2) is 5.76 Å². The Hall–Kier alpha value is -2.57. The van der Waals surface area contributed by atoms with Gasteiger partial charge in [0, 0.05) is 11.6 Å². The molecule has 3 N–H and O–H groups in total. The van der Waals surface area contributed by atoms with Crippen LogP contribution in [0, 0.1) is 13.8 Å². The van der Waals surface area contributed by atoms with Crippen LogP contribution in [0.2, 0.25) is 0 Å². The number of carbonyl (C=O) groups is 2. The van der Waals surface area contributed by atoms with E-state index in [0.29, 0.717) is 22.7 Å². The van der Waals surface area contributed by atoms with E-state index < -0.39 is 11.9 Å². The molecular formula is C14H17N3O4. The van der Waals surface area contributed by atoms with E-state index in [0.717, 1.165) is 0 Å². The molecule has 0 aliphatic carbocycles. The summed E-state index contributed by atoms with van der Waals surface area (Å²) in [5.41, 5.74) is 1.63. The maximum absolute atomic E-state index is 12.4. The van der Waals surface area contributed by atoms with Gasteiger partial charge in [-0.2, -0.15) is 0 Å². The third-order valence-corrected chi connectivity index (χ3v) is 3.05.